The third-order valence-corrected chi connectivity index (χ3v) is 7.67. The highest BCUT2D eigenvalue weighted by Crippen LogP contribution is 2.66. The van der Waals surface area contributed by atoms with E-state index in [4.69, 9.17) is 24.5 Å². The van der Waals surface area contributed by atoms with Gasteiger partial charge in [0.1, 0.15) is 12.3 Å². The van der Waals surface area contributed by atoms with Gasteiger partial charge < -0.3 is 34.5 Å². The van der Waals surface area contributed by atoms with E-state index in [1.54, 1.807) is 0 Å². The van der Waals surface area contributed by atoms with Gasteiger partial charge >= 0.3 is 29.5 Å². The molecule has 3 unspecified atom stereocenters. The van der Waals surface area contributed by atoms with Crippen LogP contribution in [0.15, 0.2) is 0 Å². The molecule has 0 radical (unpaired) electrons. The van der Waals surface area contributed by atoms with Crippen LogP contribution in [0.25, 0.3) is 0 Å². The Bertz CT molecular complexity index is 814. The highest BCUT2D eigenvalue weighted by Gasteiger charge is 2.45. The van der Waals surface area contributed by atoms with E-state index in [0.29, 0.717) is 0 Å². The van der Waals surface area contributed by atoms with Crippen molar-refractivity contribution in [3.05, 3.63) is 0 Å². The van der Waals surface area contributed by atoms with Crippen molar-refractivity contribution in [3.63, 3.8) is 0 Å². The maximum absolute atomic E-state index is 11.9. The molecule has 174 valence electrons. The Labute approximate surface area is 168 Å². The maximum atomic E-state index is 11.9. The van der Waals surface area contributed by atoms with Crippen molar-refractivity contribution in [2.24, 2.45) is 5.92 Å². The number of rotatable bonds is 9. The molecule has 2 rings (SSSR count). The summed E-state index contributed by atoms with van der Waals surface area (Å²) in [6, 6.07) is -0.851. The molecule has 2 fully saturated rings. The molecule has 7 N–H and O–H groups in total. The van der Waals surface area contributed by atoms with Gasteiger partial charge in [0.15, 0.2) is 0 Å². The average Bonchev–Trinajstić information content (AvgIpc) is 2.90. The number of imide groups is 1. The lowest BCUT2D eigenvalue weighted by molar-refractivity contribution is -0.130. The van der Waals surface area contributed by atoms with Crippen molar-refractivity contribution >= 4 is 35.4 Å². The number of aliphatic hydroxyl groups excluding tert-OH is 2. The highest BCUT2D eigenvalue weighted by atomic mass is 31.3. The number of aliphatic hydroxyl groups is 2. The summed E-state index contributed by atoms with van der Waals surface area (Å²) in [5, 5.41) is 21.2. The first-order valence-electron chi connectivity index (χ1n) is 7.96. The Morgan fingerprint density at radius 2 is 1.73 bits per heavy atom. The smallest absolute Gasteiger partial charge is 0.395 e. The number of phosphoric acid groups is 3. The van der Waals surface area contributed by atoms with Gasteiger partial charge in [-0.3, -0.25) is 19.5 Å². The molecule has 30 heavy (non-hydrogen) atoms. The Kier molecular flexibility index (Phi) is 7.97. The Hall–Kier alpha value is -0.770. The van der Waals surface area contributed by atoms with Crippen LogP contribution >= 0.6 is 23.5 Å². The van der Waals surface area contributed by atoms with Gasteiger partial charge in [-0.2, -0.15) is 8.62 Å². The third-order valence-electron chi connectivity index (χ3n) is 3.87. The van der Waals surface area contributed by atoms with Crippen LogP contribution in [0.1, 0.15) is 6.42 Å². The Morgan fingerprint density at radius 3 is 2.30 bits per heavy atom. The first-order chi connectivity index (χ1) is 13.6. The second-order valence-corrected chi connectivity index (χ2v) is 10.6. The van der Waals surface area contributed by atoms with E-state index in [1.807, 2.05) is 5.32 Å². The zero-order chi connectivity index (χ0) is 22.9. The molecule has 2 saturated heterocycles. The van der Waals surface area contributed by atoms with Crippen molar-refractivity contribution < 1.29 is 71.0 Å². The lowest BCUT2D eigenvalue weighted by Crippen LogP contribution is -2.58. The van der Waals surface area contributed by atoms with Gasteiger partial charge in [0, 0.05) is 13.0 Å². The van der Waals surface area contributed by atoms with Crippen LogP contribution in [0.3, 0.4) is 0 Å². The van der Waals surface area contributed by atoms with Crippen LogP contribution in [0.4, 0.5) is 4.79 Å². The van der Waals surface area contributed by atoms with Crippen molar-refractivity contribution in [2.45, 2.75) is 24.9 Å². The van der Waals surface area contributed by atoms with Gasteiger partial charge in [0.25, 0.3) is 0 Å². The second kappa shape index (κ2) is 9.38. The number of carbonyl (C=O) groups excluding carboxylic acids is 2. The van der Waals surface area contributed by atoms with Gasteiger partial charge in [-0.15, -0.1) is 0 Å². The van der Waals surface area contributed by atoms with Crippen molar-refractivity contribution in [1.82, 2.24) is 10.2 Å². The fraction of sp³-hybridized carbons (Fsp3) is 0.800. The number of ether oxygens (including phenoxy) is 1. The zero-order valence-corrected chi connectivity index (χ0v) is 17.5. The molecule has 2 heterocycles. The third kappa shape index (κ3) is 7.14. The number of hydrogen-bond donors (Lipinski definition) is 7. The van der Waals surface area contributed by atoms with Crippen molar-refractivity contribution in [2.75, 3.05) is 19.8 Å². The Balaban J connectivity index is 1.94. The summed E-state index contributed by atoms with van der Waals surface area (Å²) in [5.41, 5.74) is 0. The van der Waals surface area contributed by atoms with E-state index in [0.717, 1.165) is 4.90 Å². The number of hydrogen-bond acceptors (Lipinski definition) is 11. The van der Waals surface area contributed by atoms with Crippen LogP contribution in [-0.2, 0) is 36.4 Å². The largest absolute Gasteiger partial charge is 0.490 e. The number of urea groups is 1. The fourth-order valence-electron chi connectivity index (χ4n) is 2.60. The number of nitrogens with zero attached hydrogens (tertiary/aromatic N) is 1. The van der Waals surface area contributed by atoms with E-state index >= 15 is 0 Å². The first kappa shape index (κ1) is 25.5. The molecular weight excluding hydrogens is 481 g/mol. The summed E-state index contributed by atoms with van der Waals surface area (Å²) >= 11 is 0. The molecule has 3 amide bonds. The van der Waals surface area contributed by atoms with Gasteiger partial charge in [0.05, 0.1) is 25.2 Å². The summed E-state index contributed by atoms with van der Waals surface area (Å²) in [7, 11) is -16.6. The standard InChI is InChI=1S/C10H19N2O15P3/c13-3-5-2-12(10(16)11-9(5)15)8-1-6(14)7(25-8)4-24-29(20,21)27-30(22,23)26-28(17,18)19/h5-8,13-14H,1-4H2,(H,20,21)(H,22,23)(H,11,15,16)(H2,17,18,19)/t5?,6-,7+,8+/m0/s1. The molecule has 2 aliphatic heterocycles. The molecule has 6 atom stereocenters. The van der Waals surface area contributed by atoms with Crippen LogP contribution in [0, 0.1) is 5.92 Å². The molecule has 0 aromatic rings. The molecule has 0 aromatic carbocycles. The number of amides is 3. The van der Waals surface area contributed by atoms with Gasteiger partial charge in [-0.1, -0.05) is 0 Å². The quantitative estimate of drug-likeness (QED) is 0.168. The number of carbonyl (C=O) groups is 2. The summed E-state index contributed by atoms with van der Waals surface area (Å²) in [6.45, 7) is -1.68. The van der Waals surface area contributed by atoms with E-state index in [-0.39, 0.29) is 13.0 Å². The van der Waals surface area contributed by atoms with Crippen molar-refractivity contribution in [3.8, 4) is 0 Å². The van der Waals surface area contributed by atoms with Gasteiger partial charge in [-0.25, -0.2) is 18.5 Å². The molecule has 0 aliphatic carbocycles. The summed E-state index contributed by atoms with van der Waals surface area (Å²) in [6.07, 6.45) is -3.99. The lowest BCUT2D eigenvalue weighted by atomic mass is 10.1. The minimum atomic E-state index is -5.69. The van der Waals surface area contributed by atoms with E-state index < -0.39 is 73.0 Å². The number of phosphoric ester groups is 1. The average molecular weight is 500 g/mol. The molecule has 2 aliphatic rings. The predicted octanol–water partition coefficient (Wildman–Crippen LogP) is -2.03. The minimum Gasteiger partial charge on any atom is -0.395 e. The molecule has 0 bridgehead atoms. The number of nitrogens with one attached hydrogen (secondary N) is 1. The van der Waals surface area contributed by atoms with Crippen LogP contribution in [0.2, 0.25) is 0 Å². The first-order valence-corrected chi connectivity index (χ1v) is 12.5. The van der Waals surface area contributed by atoms with E-state index in [1.165, 1.54) is 0 Å². The van der Waals surface area contributed by atoms with Gasteiger partial charge in [0.2, 0.25) is 5.91 Å². The summed E-state index contributed by atoms with van der Waals surface area (Å²) < 4.78 is 50.3. The normalized spacial score (nSPS) is 31.9. The highest BCUT2D eigenvalue weighted by molar-refractivity contribution is 7.66. The van der Waals surface area contributed by atoms with Crippen LogP contribution < -0.4 is 5.32 Å². The minimum absolute atomic E-state index is 0.204. The molecule has 20 heteroatoms. The second-order valence-electron chi connectivity index (χ2n) is 6.15. The topological polar surface area (TPSA) is 259 Å². The molecule has 0 aromatic heterocycles. The fourth-order valence-corrected chi connectivity index (χ4v) is 5.63. The zero-order valence-electron chi connectivity index (χ0n) is 14.8. The molecule has 0 saturated carbocycles. The predicted molar refractivity (Wildman–Crippen MR) is 89.9 cm³/mol. The van der Waals surface area contributed by atoms with Crippen molar-refractivity contribution in [1.29, 1.82) is 0 Å². The van der Waals surface area contributed by atoms with Crippen LogP contribution in [0.5, 0.6) is 0 Å². The molecule has 0 spiro atoms. The SMILES string of the molecule is O=C1NC(=O)N([C@H]2C[C@H](O)[C@@H](COP(=O)(O)OP(=O)(O)OP(=O)(O)O)O2)CC1CO. The van der Waals surface area contributed by atoms with E-state index in [2.05, 4.69) is 13.1 Å². The summed E-state index contributed by atoms with van der Waals surface area (Å²) in [5.74, 6) is -1.63. The monoisotopic (exact) mass is 500 g/mol. The Morgan fingerprint density at radius 1 is 1.10 bits per heavy atom. The van der Waals surface area contributed by atoms with Gasteiger partial charge in [-0.05, 0) is 0 Å². The van der Waals surface area contributed by atoms with E-state index in [9.17, 15) is 33.3 Å². The maximum Gasteiger partial charge on any atom is 0.490 e. The molecule has 17 nitrogen and oxygen atoms in total. The summed E-state index contributed by atoms with van der Waals surface area (Å²) in [4.78, 5) is 59.9. The lowest BCUT2D eigenvalue weighted by Gasteiger charge is -2.34. The van der Waals surface area contributed by atoms with Crippen LogP contribution in [-0.4, -0.2) is 84.8 Å². The molecular formula is C10H19N2O15P3.